The van der Waals surface area contributed by atoms with E-state index in [9.17, 15) is 0 Å². The van der Waals surface area contributed by atoms with Crippen molar-refractivity contribution in [3.05, 3.63) is 71.4 Å². The van der Waals surface area contributed by atoms with Gasteiger partial charge in [0.15, 0.2) is 0 Å². The van der Waals surface area contributed by atoms with Crippen LogP contribution in [0.25, 0.3) is 21.8 Å². The number of hydrogen-bond acceptors (Lipinski definition) is 3. The van der Waals surface area contributed by atoms with Gasteiger partial charge in [0.25, 0.3) is 0 Å². The largest absolute Gasteiger partial charge is 0.361 e. The molecule has 0 radical (unpaired) electrons. The summed E-state index contributed by atoms with van der Waals surface area (Å²) in [7, 11) is 0. The van der Waals surface area contributed by atoms with Gasteiger partial charge in [-0.25, -0.2) is 4.98 Å². The Hall–Kier alpha value is -3.14. The van der Waals surface area contributed by atoms with E-state index in [0.29, 0.717) is 0 Å². The molecule has 0 fully saturated rings. The molecule has 0 bridgehead atoms. The van der Waals surface area contributed by atoms with Gasteiger partial charge in [-0.05, 0) is 37.1 Å². The average Bonchev–Trinajstić information content (AvgIpc) is 2.99. The zero-order valence-electron chi connectivity index (χ0n) is 13.7. The van der Waals surface area contributed by atoms with E-state index in [0.717, 1.165) is 27.8 Å². The highest BCUT2D eigenvalue weighted by Crippen LogP contribution is 2.23. The minimum absolute atomic E-state index is 0.755. The molecule has 0 saturated carbocycles. The van der Waals surface area contributed by atoms with Crippen molar-refractivity contribution >= 4 is 33.8 Å². The first-order valence-electron chi connectivity index (χ1n) is 7.94. The summed E-state index contributed by atoms with van der Waals surface area (Å²) >= 11 is 0. The third-order valence-corrected chi connectivity index (χ3v) is 4.25. The fourth-order valence-corrected chi connectivity index (χ4v) is 2.99. The Morgan fingerprint density at radius 1 is 1.00 bits per heavy atom. The maximum absolute atomic E-state index is 4.68. The molecule has 2 N–H and O–H groups in total. The van der Waals surface area contributed by atoms with Crippen LogP contribution in [0, 0.1) is 13.8 Å². The van der Waals surface area contributed by atoms with Crippen molar-refractivity contribution < 1.29 is 0 Å². The summed E-state index contributed by atoms with van der Waals surface area (Å²) in [6.07, 6.45) is 3.77. The lowest BCUT2D eigenvalue weighted by molar-refractivity contribution is 1.24. The second-order valence-corrected chi connectivity index (χ2v) is 5.96. The predicted octanol–water partition coefficient (Wildman–Crippen LogP) is 4.78. The zero-order valence-corrected chi connectivity index (χ0v) is 13.7. The van der Waals surface area contributed by atoms with Crippen LogP contribution < -0.4 is 5.43 Å². The normalized spacial score (nSPS) is 11.6. The number of aryl methyl sites for hydroxylation is 2. The van der Waals surface area contributed by atoms with Crippen molar-refractivity contribution in [3.8, 4) is 0 Å². The van der Waals surface area contributed by atoms with E-state index in [1.165, 1.54) is 16.5 Å². The zero-order chi connectivity index (χ0) is 16.5. The van der Waals surface area contributed by atoms with E-state index in [4.69, 9.17) is 0 Å². The number of hydrogen-bond donors (Lipinski definition) is 2. The molecule has 0 aliphatic carbocycles. The Labute approximate surface area is 140 Å². The molecule has 4 aromatic rings. The lowest BCUT2D eigenvalue weighted by Crippen LogP contribution is -1.96. The number of para-hydroxylation sites is 2. The monoisotopic (exact) mass is 314 g/mol. The second-order valence-electron chi connectivity index (χ2n) is 5.96. The summed E-state index contributed by atoms with van der Waals surface area (Å²) in [5.74, 6) is 0.755. The van der Waals surface area contributed by atoms with Crippen molar-refractivity contribution in [1.29, 1.82) is 0 Å². The number of pyridine rings is 1. The minimum Gasteiger partial charge on any atom is -0.361 e. The number of H-pyrrole nitrogens is 1. The molecule has 2 aromatic heterocycles. The summed E-state index contributed by atoms with van der Waals surface area (Å²) in [5.41, 5.74) is 8.58. The molecule has 0 saturated heterocycles. The van der Waals surface area contributed by atoms with E-state index in [1.807, 2.05) is 30.6 Å². The summed E-state index contributed by atoms with van der Waals surface area (Å²) < 4.78 is 0. The number of aromatic amines is 1. The Morgan fingerprint density at radius 2 is 1.83 bits per heavy atom. The van der Waals surface area contributed by atoms with Crippen LogP contribution in [0.5, 0.6) is 0 Å². The van der Waals surface area contributed by atoms with Gasteiger partial charge >= 0.3 is 0 Å². The Kier molecular flexibility index (Phi) is 3.50. The minimum atomic E-state index is 0.755. The number of aromatic nitrogens is 2. The van der Waals surface area contributed by atoms with Crippen molar-refractivity contribution in [2.24, 2.45) is 5.10 Å². The topological polar surface area (TPSA) is 53.1 Å². The lowest BCUT2D eigenvalue weighted by Gasteiger charge is -2.07. The van der Waals surface area contributed by atoms with Crippen LogP contribution in [0.1, 0.15) is 16.7 Å². The van der Waals surface area contributed by atoms with Gasteiger partial charge in [-0.1, -0.05) is 36.4 Å². The summed E-state index contributed by atoms with van der Waals surface area (Å²) in [4.78, 5) is 7.93. The molecule has 4 heteroatoms. The van der Waals surface area contributed by atoms with E-state index >= 15 is 0 Å². The van der Waals surface area contributed by atoms with E-state index in [1.54, 1.807) is 0 Å². The second kappa shape index (κ2) is 5.81. The molecule has 4 rings (SSSR count). The number of hydrazone groups is 1. The molecule has 0 amide bonds. The van der Waals surface area contributed by atoms with E-state index in [2.05, 4.69) is 64.7 Å². The third-order valence-electron chi connectivity index (χ3n) is 4.25. The number of anilines is 1. The van der Waals surface area contributed by atoms with Gasteiger partial charge in [0.1, 0.15) is 5.82 Å². The number of fused-ring (bicyclic) bond motifs is 2. The van der Waals surface area contributed by atoms with Gasteiger partial charge in [0, 0.05) is 28.0 Å². The Bertz CT molecular complexity index is 1060. The van der Waals surface area contributed by atoms with Crippen LogP contribution in [-0.2, 0) is 0 Å². The standard InChI is InChI=1S/C20H18N4/c1-13-6-5-8-16-14(2)10-19(23-20(13)16)24-22-12-15-11-21-18-9-4-3-7-17(15)18/h3-12,21H,1-2H3,(H,23,24). The molecule has 0 unspecified atom stereocenters. The molecule has 0 atom stereocenters. The van der Waals surface area contributed by atoms with Crippen molar-refractivity contribution in [2.75, 3.05) is 5.43 Å². The van der Waals surface area contributed by atoms with Crippen LogP contribution in [0.4, 0.5) is 5.82 Å². The average molecular weight is 314 g/mol. The van der Waals surface area contributed by atoms with Gasteiger partial charge in [-0.15, -0.1) is 0 Å². The fraction of sp³-hybridized carbons (Fsp3) is 0.100. The Morgan fingerprint density at radius 3 is 2.75 bits per heavy atom. The maximum Gasteiger partial charge on any atom is 0.147 e. The summed E-state index contributed by atoms with van der Waals surface area (Å²) in [6.45, 7) is 4.17. The molecule has 0 spiro atoms. The fourth-order valence-electron chi connectivity index (χ4n) is 2.99. The number of nitrogens with one attached hydrogen (secondary N) is 2. The molecule has 118 valence electrons. The highest BCUT2D eigenvalue weighted by molar-refractivity contribution is 5.99. The SMILES string of the molecule is Cc1cc(NN=Cc2c[nH]c3ccccc23)nc2c(C)cccc12. The summed E-state index contributed by atoms with van der Waals surface area (Å²) in [5, 5.41) is 6.69. The van der Waals surface area contributed by atoms with Crippen molar-refractivity contribution in [3.63, 3.8) is 0 Å². The molecule has 24 heavy (non-hydrogen) atoms. The molecule has 4 nitrogen and oxygen atoms in total. The lowest BCUT2D eigenvalue weighted by atomic mass is 10.1. The van der Waals surface area contributed by atoms with Gasteiger partial charge in [-0.2, -0.15) is 5.10 Å². The Balaban J connectivity index is 1.64. The van der Waals surface area contributed by atoms with Crippen LogP contribution in [0.3, 0.4) is 0 Å². The van der Waals surface area contributed by atoms with Crippen molar-refractivity contribution in [1.82, 2.24) is 9.97 Å². The predicted molar refractivity (Wildman–Crippen MR) is 101 cm³/mol. The number of nitrogens with zero attached hydrogens (tertiary/aromatic N) is 2. The maximum atomic E-state index is 4.68. The number of rotatable bonds is 3. The van der Waals surface area contributed by atoms with Gasteiger partial charge in [0.05, 0.1) is 11.7 Å². The molecule has 2 aromatic carbocycles. The van der Waals surface area contributed by atoms with Crippen LogP contribution >= 0.6 is 0 Å². The van der Waals surface area contributed by atoms with Gasteiger partial charge < -0.3 is 4.98 Å². The quantitative estimate of drug-likeness (QED) is 0.422. The van der Waals surface area contributed by atoms with Crippen LogP contribution in [0.2, 0.25) is 0 Å². The highest BCUT2D eigenvalue weighted by atomic mass is 15.3. The van der Waals surface area contributed by atoms with Crippen molar-refractivity contribution in [2.45, 2.75) is 13.8 Å². The summed E-state index contributed by atoms with van der Waals surface area (Å²) in [6, 6.07) is 16.4. The molecule has 0 aliphatic heterocycles. The van der Waals surface area contributed by atoms with E-state index < -0.39 is 0 Å². The highest BCUT2D eigenvalue weighted by Gasteiger charge is 2.04. The first-order valence-corrected chi connectivity index (χ1v) is 7.94. The molecule has 0 aliphatic rings. The smallest absolute Gasteiger partial charge is 0.147 e. The number of benzene rings is 2. The van der Waals surface area contributed by atoms with Gasteiger partial charge in [-0.3, -0.25) is 5.43 Å². The first kappa shape index (κ1) is 14.5. The molecular weight excluding hydrogens is 296 g/mol. The van der Waals surface area contributed by atoms with E-state index in [-0.39, 0.29) is 0 Å². The third kappa shape index (κ3) is 2.52. The molecule has 2 heterocycles. The van der Waals surface area contributed by atoms with Crippen LogP contribution in [-0.4, -0.2) is 16.2 Å². The van der Waals surface area contributed by atoms with Crippen LogP contribution in [0.15, 0.2) is 59.8 Å². The van der Waals surface area contributed by atoms with Gasteiger partial charge in [0.2, 0.25) is 0 Å². The molecular formula is C20H18N4. The first-order chi connectivity index (χ1) is 11.7.